The lowest BCUT2D eigenvalue weighted by atomic mass is 10.1. The van der Waals surface area contributed by atoms with Crippen LogP contribution in [0.5, 0.6) is 0 Å². The summed E-state index contributed by atoms with van der Waals surface area (Å²) in [5.74, 6) is -0.962. The van der Waals surface area contributed by atoms with E-state index in [1.54, 1.807) is 24.3 Å². The second-order valence-electron chi connectivity index (χ2n) is 6.57. The first-order valence-corrected chi connectivity index (χ1v) is 8.89. The van der Waals surface area contributed by atoms with Crippen molar-refractivity contribution in [2.24, 2.45) is 0 Å². The quantitative estimate of drug-likeness (QED) is 0.264. The summed E-state index contributed by atoms with van der Waals surface area (Å²) in [4.78, 5) is 34.5. The number of halogens is 3. The second-order valence-corrected chi connectivity index (χ2v) is 6.57. The highest BCUT2D eigenvalue weighted by molar-refractivity contribution is 5.92. The molecule has 1 aromatic heterocycles. The zero-order valence-electron chi connectivity index (χ0n) is 15.9. The number of rotatable bonds is 6. The van der Waals surface area contributed by atoms with Gasteiger partial charge in [0.05, 0.1) is 17.0 Å². The Bertz CT molecular complexity index is 1210. The van der Waals surface area contributed by atoms with Gasteiger partial charge < -0.3 is 14.5 Å². The molecule has 0 saturated heterocycles. The fourth-order valence-corrected chi connectivity index (χ4v) is 2.75. The number of alkyl halides is 3. The molecule has 162 valence electrons. The van der Waals surface area contributed by atoms with Crippen LogP contribution < -0.4 is 10.9 Å². The lowest BCUT2D eigenvalue weighted by Gasteiger charge is -2.15. The number of anilines is 1. The van der Waals surface area contributed by atoms with E-state index in [2.05, 4.69) is 5.32 Å². The van der Waals surface area contributed by atoms with Gasteiger partial charge in [0.15, 0.2) is 0 Å². The Kier molecular flexibility index (Phi) is 5.95. The predicted octanol–water partition coefficient (Wildman–Crippen LogP) is 4.38. The van der Waals surface area contributed by atoms with Crippen molar-refractivity contribution in [1.29, 1.82) is 0 Å². The number of para-hydroxylation sites is 1. The first-order valence-electron chi connectivity index (χ1n) is 8.89. The summed E-state index contributed by atoms with van der Waals surface area (Å²) in [6.45, 7) is 1.29. The third-order valence-electron chi connectivity index (χ3n) is 4.27. The maximum atomic E-state index is 12.8. The Balaban J connectivity index is 1.71. The van der Waals surface area contributed by atoms with Crippen LogP contribution in [-0.2, 0) is 10.9 Å². The molecule has 8 nitrogen and oxygen atoms in total. The van der Waals surface area contributed by atoms with E-state index in [-0.39, 0.29) is 17.8 Å². The van der Waals surface area contributed by atoms with E-state index in [0.29, 0.717) is 23.1 Å². The van der Waals surface area contributed by atoms with Crippen molar-refractivity contribution in [3.8, 4) is 0 Å². The topological polar surface area (TPSA) is 112 Å². The third kappa shape index (κ3) is 5.00. The highest BCUT2D eigenvalue weighted by atomic mass is 19.4. The molecular weight excluding hydrogens is 421 g/mol. The summed E-state index contributed by atoms with van der Waals surface area (Å²) in [5.41, 5.74) is -3.02. The summed E-state index contributed by atoms with van der Waals surface area (Å²) in [7, 11) is 0. The fourth-order valence-electron chi connectivity index (χ4n) is 2.75. The van der Waals surface area contributed by atoms with E-state index in [4.69, 9.17) is 9.15 Å². The Labute approximate surface area is 172 Å². The maximum Gasteiger partial charge on any atom is 0.416 e. The van der Waals surface area contributed by atoms with Gasteiger partial charge >= 0.3 is 17.8 Å². The Morgan fingerprint density at radius 1 is 1.23 bits per heavy atom. The minimum atomic E-state index is -4.73. The lowest BCUT2D eigenvalue weighted by molar-refractivity contribution is -0.384. The van der Waals surface area contributed by atoms with Gasteiger partial charge in [0.25, 0.3) is 5.69 Å². The molecule has 0 amide bonds. The van der Waals surface area contributed by atoms with Gasteiger partial charge in [0.1, 0.15) is 22.9 Å². The zero-order chi connectivity index (χ0) is 22.8. The number of nitro benzene ring substituents is 1. The molecule has 31 heavy (non-hydrogen) atoms. The number of nitrogens with one attached hydrogen (secondary N) is 1. The van der Waals surface area contributed by atoms with Gasteiger partial charge in [-0.15, -0.1) is 0 Å². The van der Waals surface area contributed by atoms with E-state index in [1.165, 1.54) is 13.0 Å². The van der Waals surface area contributed by atoms with Crippen molar-refractivity contribution in [2.45, 2.75) is 19.2 Å². The molecule has 0 radical (unpaired) electrons. The van der Waals surface area contributed by atoms with Crippen LogP contribution in [0.4, 0.5) is 24.5 Å². The van der Waals surface area contributed by atoms with Gasteiger partial charge in [-0.05, 0) is 31.2 Å². The van der Waals surface area contributed by atoms with E-state index in [0.717, 1.165) is 6.07 Å². The number of benzene rings is 2. The van der Waals surface area contributed by atoms with Crippen LogP contribution in [0.2, 0.25) is 0 Å². The second kappa shape index (κ2) is 8.46. The number of carbonyl (C=O) groups excluding carboxylic acids is 1. The predicted molar refractivity (Wildman–Crippen MR) is 104 cm³/mol. The normalized spacial score (nSPS) is 12.4. The maximum absolute atomic E-state index is 12.8. The van der Waals surface area contributed by atoms with E-state index < -0.39 is 40.0 Å². The molecular formula is C20H15F3N2O6. The minimum absolute atomic E-state index is 0.156. The average Bonchev–Trinajstić information content (AvgIpc) is 2.70. The molecule has 11 heteroatoms. The monoisotopic (exact) mass is 436 g/mol. The van der Waals surface area contributed by atoms with Crippen LogP contribution in [0.1, 0.15) is 22.8 Å². The van der Waals surface area contributed by atoms with Crippen LogP contribution >= 0.6 is 0 Å². The zero-order valence-corrected chi connectivity index (χ0v) is 15.9. The third-order valence-corrected chi connectivity index (χ3v) is 4.27. The molecule has 0 saturated carbocycles. The van der Waals surface area contributed by atoms with Gasteiger partial charge in [-0.25, -0.2) is 9.59 Å². The number of esters is 1. The number of nitrogens with zero attached hydrogens (tertiary/aromatic N) is 1. The lowest BCUT2D eigenvalue weighted by Crippen LogP contribution is -2.26. The summed E-state index contributed by atoms with van der Waals surface area (Å²) in [5, 5.41) is 14.2. The number of hydrogen-bond acceptors (Lipinski definition) is 7. The van der Waals surface area contributed by atoms with Crippen LogP contribution in [-0.4, -0.2) is 23.5 Å². The fraction of sp³-hybridized carbons (Fsp3) is 0.200. The van der Waals surface area contributed by atoms with Gasteiger partial charge in [-0.2, -0.15) is 13.2 Å². The minimum Gasteiger partial charge on any atom is -0.457 e. The summed E-state index contributed by atoms with van der Waals surface area (Å²) in [6.07, 6.45) is -5.60. The van der Waals surface area contributed by atoms with E-state index >= 15 is 0 Å². The molecule has 0 spiro atoms. The number of hydrogen-bond donors (Lipinski definition) is 1. The molecule has 2 aromatic carbocycles. The van der Waals surface area contributed by atoms with Gasteiger partial charge in [-0.1, -0.05) is 18.2 Å². The summed E-state index contributed by atoms with van der Waals surface area (Å²) in [6, 6.07) is 9.93. The van der Waals surface area contributed by atoms with Crippen LogP contribution in [0.15, 0.2) is 57.7 Å². The smallest absolute Gasteiger partial charge is 0.416 e. The van der Waals surface area contributed by atoms with Crippen LogP contribution in [0.3, 0.4) is 0 Å². The van der Waals surface area contributed by atoms with Crippen molar-refractivity contribution in [1.82, 2.24) is 0 Å². The Morgan fingerprint density at radius 3 is 2.61 bits per heavy atom. The van der Waals surface area contributed by atoms with Gasteiger partial charge in [-0.3, -0.25) is 10.1 Å². The molecule has 0 fully saturated rings. The number of fused-ring (bicyclic) bond motifs is 1. The highest BCUT2D eigenvalue weighted by Gasteiger charge is 2.33. The van der Waals surface area contributed by atoms with Gasteiger partial charge in [0.2, 0.25) is 0 Å². The molecule has 3 aromatic rings. The molecule has 1 atom stereocenters. The Hall–Kier alpha value is -3.89. The van der Waals surface area contributed by atoms with Crippen molar-refractivity contribution < 1.29 is 32.0 Å². The molecule has 0 bridgehead atoms. The van der Waals surface area contributed by atoms with Crippen LogP contribution in [0.25, 0.3) is 11.0 Å². The van der Waals surface area contributed by atoms with Crippen LogP contribution in [0, 0.1) is 10.1 Å². The SMILES string of the molecule is CC(CNc1ccc(C(F)(F)F)cc1[N+](=O)[O-])OC(=O)c1cc2ccccc2oc1=O. The first kappa shape index (κ1) is 21.8. The molecule has 3 rings (SSSR count). The van der Waals surface area contributed by atoms with Crippen molar-refractivity contribution >= 4 is 28.3 Å². The molecule has 0 aliphatic carbocycles. The summed E-state index contributed by atoms with van der Waals surface area (Å²) < 4.78 is 48.6. The molecule has 0 aliphatic rings. The first-order chi connectivity index (χ1) is 14.6. The Morgan fingerprint density at radius 2 is 1.94 bits per heavy atom. The largest absolute Gasteiger partial charge is 0.457 e. The molecule has 1 heterocycles. The van der Waals surface area contributed by atoms with E-state index in [1.807, 2.05) is 0 Å². The van der Waals surface area contributed by atoms with Crippen molar-refractivity contribution in [2.75, 3.05) is 11.9 Å². The van der Waals surface area contributed by atoms with Crippen molar-refractivity contribution in [3.63, 3.8) is 0 Å². The number of carbonyl (C=O) groups is 1. The number of nitro groups is 1. The number of ether oxygens (including phenoxy) is 1. The standard InChI is InChI=1S/C20H15F3N2O6/c1-11(10-24-15-7-6-13(20(21,22)23)9-16(15)25(28)29)30-18(26)14-8-12-4-2-3-5-17(12)31-19(14)27/h2-9,11,24H,10H2,1H3. The molecule has 1 unspecified atom stereocenters. The van der Waals surface area contributed by atoms with Gasteiger partial charge in [0, 0.05) is 11.5 Å². The summed E-state index contributed by atoms with van der Waals surface area (Å²) >= 11 is 0. The molecule has 0 aliphatic heterocycles. The highest BCUT2D eigenvalue weighted by Crippen LogP contribution is 2.35. The molecule has 1 N–H and O–H groups in total. The van der Waals surface area contributed by atoms with E-state index in [9.17, 15) is 32.9 Å². The average molecular weight is 436 g/mol. The van der Waals surface area contributed by atoms with Crippen molar-refractivity contribution in [3.05, 3.63) is 80.2 Å².